The lowest BCUT2D eigenvalue weighted by molar-refractivity contribution is -0.144. The summed E-state index contributed by atoms with van der Waals surface area (Å²) in [5.74, 6) is -0.965. The van der Waals surface area contributed by atoms with E-state index < -0.39 is 17.5 Å². The van der Waals surface area contributed by atoms with Crippen molar-refractivity contribution in [2.45, 2.75) is 44.7 Å². The molecule has 0 atom stereocenters. The Morgan fingerprint density at radius 1 is 1.43 bits per heavy atom. The maximum Gasteiger partial charge on any atom is 0.329 e. The Kier molecular flexibility index (Phi) is 4.55. The Bertz CT molecular complexity index is 564. The van der Waals surface area contributed by atoms with E-state index in [-0.39, 0.29) is 6.54 Å². The van der Waals surface area contributed by atoms with Crippen LogP contribution < -0.4 is 10.6 Å². The van der Waals surface area contributed by atoms with E-state index in [4.69, 9.17) is 0 Å². The predicted octanol–water partition coefficient (Wildman–Crippen LogP) is 1.69. The van der Waals surface area contributed by atoms with Crippen molar-refractivity contribution in [3.8, 4) is 0 Å². The highest BCUT2D eigenvalue weighted by Gasteiger charge is 2.42. The van der Waals surface area contributed by atoms with Crippen LogP contribution in [0.4, 0.5) is 4.79 Å². The maximum absolute atomic E-state index is 12.0. The van der Waals surface area contributed by atoms with Crippen molar-refractivity contribution in [3.63, 3.8) is 0 Å². The molecule has 1 aromatic rings. The minimum atomic E-state index is -1.12. The van der Waals surface area contributed by atoms with E-state index >= 15 is 0 Å². The van der Waals surface area contributed by atoms with Crippen molar-refractivity contribution >= 4 is 27.9 Å². The number of halogens is 1. The van der Waals surface area contributed by atoms with E-state index in [2.05, 4.69) is 31.7 Å². The van der Waals surface area contributed by atoms with Gasteiger partial charge in [0, 0.05) is 7.05 Å². The molecule has 116 valence electrons. The second-order valence-corrected chi connectivity index (χ2v) is 6.16. The van der Waals surface area contributed by atoms with Gasteiger partial charge in [-0.2, -0.15) is 5.10 Å². The SMILES string of the molecule is Cc1nn(C)c(CNC(=O)NC2(C(=O)O)CCCC2)c1Br. The van der Waals surface area contributed by atoms with Crippen LogP contribution in [0.15, 0.2) is 4.47 Å². The summed E-state index contributed by atoms with van der Waals surface area (Å²) in [4.78, 5) is 23.4. The molecule has 1 aliphatic rings. The third kappa shape index (κ3) is 3.20. The van der Waals surface area contributed by atoms with E-state index in [1.54, 1.807) is 11.7 Å². The third-order valence-electron chi connectivity index (χ3n) is 3.90. The Labute approximate surface area is 131 Å². The molecule has 0 bridgehead atoms. The number of hydrogen-bond acceptors (Lipinski definition) is 3. The highest BCUT2D eigenvalue weighted by molar-refractivity contribution is 9.10. The molecule has 0 aliphatic heterocycles. The molecule has 3 N–H and O–H groups in total. The quantitative estimate of drug-likeness (QED) is 0.762. The molecule has 2 amide bonds. The van der Waals surface area contributed by atoms with Gasteiger partial charge in [0.05, 0.1) is 22.4 Å². The van der Waals surface area contributed by atoms with Gasteiger partial charge in [-0.3, -0.25) is 4.68 Å². The molecule has 0 unspecified atom stereocenters. The predicted molar refractivity (Wildman–Crippen MR) is 79.9 cm³/mol. The lowest BCUT2D eigenvalue weighted by Crippen LogP contribution is -2.55. The monoisotopic (exact) mass is 358 g/mol. The van der Waals surface area contributed by atoms with E-state index in [9.17, 15) is 14.7 Å². The minimum Gasteiger partial charge on any atom is -0.480 e. The average molecular weight is 359 g/mol. The first-order valence-electron chi connectivity index (χ1n) is 6.83. The zero-order valence-corrected chi connectivity index (χ0v) is 13.7. The fraction of sp³-hybridized carbons (Fsp3) is 0.615. The van der Waals surface area contributed by atoms with Crippen LogP contribution in [0.1, 0.15) is 37.1 Å². The number of nitrogens with zero attached hydrogens (tertiary/aromatic N) is 2. The average Bonchev–Trinajstić information content (AvgIpc) is 2.96. The van der Waals surface area contributed by atoms with Crippen molar-refractivity contribution < 1.29 is 14.7 Å². The topological polar surface area (TPSA) is 96.3 Å². The fourth-order valence-corrected chi connectivity index (χ4v) is 3.14. The summed E-state index contributed by atoms with van der Waals surface area (Å²) in [5.41, 5.74) is 0.551. The highest BCUT2D eigenvalue weighted by Crippen LogP contribution is 2.29. The van der Waals surface area contributed by atoms with Gasteiger partial charge < -0.3 is 15.7 Å². The molecule has 0 radical (unpaired) electrons. The number of amides is 2. The van der Waals surface area contributed by atoms with Crippen LogP contribution >= 0.6 is 15.9 Å². The first-order chi connectivity index (χ1) is 9.85. The van der Waals surface area contributed by atoms with E-state index in [1.807, 2.05) is 6.92 Å². The van der Waals surface area contributed by atoms with Gasteiger partial charge in [0.25, 0.3) is 0 Å². The number of aryl methyl sites for hydroxylation is 2. The summed E-state index contributed by atoms with van der Waals surface area (Å²) in [6, 6.07) is -0.468. The van der Waals surface area contributed by atoms with Gasteiger partial charge in [-0.15, -0.1) is 0 Å². The van der Waals surface area contributed by atoms with Crippen molar-refractivity contribution in [3.05, 3.63) is 15.9 Å². The Hall–Kier alpha value is -1.57. The molecule has 21 heavy (non-hydrogen) atoms. The summed E-state index contributed by atoms with van der Waals surface area (Å²) in [5, 5.41) is 18.9. The molecule has 1 saturated carbocycles. The molecule has 2 rings (SSSR count). The highest BCUT2D eigenvalue weighted by atomic mass is 79.9. The summed E-state index contributed by atoms with van der Waals surface area (Å²) >= 11 is 3.42. The molecule has 0 spiro atoms. The lowest BCUT2D eigenvalue weighted by Gasteiger charge is -2.25. The first-order valence-corrected chi connectivity index (χ1v) is 7.62. The van der Waals surface area contributed by atoms with Gasteiger partial charge in [-0.1, -0.05) is 12.8 Å². The van der Waals surface area contributed by atoms with Crippen molar-refractivity contribution in [2.24, 2.45) is 7.05 Å². The van der Waals surface area contributed by atoms with Crippen LogP contribution in [0.5, 0.6) is 0 Å². The summed E-state index contributed by atoms with van der Waals surface area (Å²) < 4.78 is 2.53. The molecule has 1 heterocycles. The Morgan fingerprint density at radius 2 is 2.05 bits per heavy atom. The van der Waals surface area contributed by atoms with Crippen LogP contribution in [0.25, 0.3) is 0 Å². The lowest BCUT2D eigenvalue weighted by atomic mass is 9.98. The second kappa shape index (κ2) is 6.05. The number of aromatic nitrogens is 2. The van der Waals surface area contributed by atoms with Crippen molar-refractivity contribution in [2.75, 3.05) is 0 Å². The van der Waals surface area contributed by atoms with Gasteiger partial charge in [0.15, 0.2) is 0 Å². The van der Waals surface area contributed by atoms with Gasteiger partial charge in [0.2, 0.25) is 0 Å². The van der Waals surface area contributed by atoms with E-state index in [1.165, 1.54) is 0 Å². The number of nitrogens with one attached hydrogen (secondary N) is 2. The third-order valence-corrected chi connectivity index (χ3v) is 4.93. The summed E-state index contributed by atoms with van der Waals surface area (Å²) in [6.45, 7) is 2.14. The first kappa shape index (κ1) is 15.8. The smallest absolute Gasteiger partial charge is 0.329 e. The molecule has 0 saturated heterocycles. The zero-order valence-electron chi connectivity index (χ0n) is 12.1. The fourth-order valence-electron chi connectivity index (χ4n) is 2.67. The number of hydrogen-bond donors (Lipinski definition) is 3. The van der Waals surface area contributed by atoms with Crippen LogP contribution in [-0.2, 0) is 18.4 Å². The molecule has 1 fully saturated rings. The summed E-state index contributed by atoms with van der Waals surface area (Å²) in [6.07, 6.45) is 2.59. The van der Waals surface area contributed by atoms with Gasteiger partial charge in [-0.25, -0.2) is 9.59 Å². The van der Waals surface area contributed by atoms with Crippen LogP contribution in [0, 0.1) is 6.92 Å². The number of carbonyl (C=O) groups is 2. The molecule has 1 aromatic heterocycles. The molecule has 7 nitrogen and oxygen atoms in total. The molecule has 8 heteroatoms. The summed E-state index contributed by atoms with van der Waals surface area (Å²) in [7, 11) is 1.79. The largest absolute Gasteiger partial charge is 0.480 e. The van der Waals surface area contributed by atoms with Crippen molar-refractivity contribution in [1.29, 1.82) is 0 Å². The zero-order chi connectivity index (χ0) is 15.6. The standard InChI is InChI=1S/C13H19BrN4O3/c1-8-10(14)9(18(2)17-8)7-15-12(21)16-13(11(19)20)5-3-4-6-13/h3-7H2,1-2H3,(H,19,20)(H2,15,16,21). The van der Waals surface area contributed by atoms with Crippen molar-refractivity contribution in [1.82, 2.24) is 20.4 Å². The molecular weight excluding hydrogens is 340 g/mol. The number of rotatable bonds is 4. The van der Waals surface area contributed by atoms with E-state index in [0.29, 0.717) is 12.8 Å². The Morgan fingerprint density at radius 3 is 2.52 bits per heavy atom. The number of aliphatic carboxylic acids is 1. The van der Waals surface area contributed by atoms with Crippen LogP contribution in [0.2, 0.25) is 0 Å². The minimum absolute atomic E-state index is 0.277. The van der Waals surface area contributed by atoms with Gasteiger partial charge >= 0.3 is 12.0 Å². The Balaban J connectivity index is 1.97. The molecule has 1 aliphatic carbocycles. The molecular formula is C13H19BrN4O3. The van der Waals surface area contributed by atoms with Crippen LogP contribution in [0.3, 0.4) is 0 Å². The number of carboxylic acid groups (broad SMARTS) is 1. The van der Waals surface area contributed by atoms with Gasteiger partial charge in [0.1, 0.15) is 5.54 Å². The van der Waals surface area contributed by atoms with E-state index in [0.717, 1.165) is 28.7 Å². The normalized spacial score (nSPS) is 16.7. The number of carboxylic acids is 1. The second-order valence-electron chi connectivity index (χ2n) is 5.37. The molecule has 0 aromatic carbocycles. The van der Waals surface area contributed by atoms with Gasteiger partial charge in [-0.05, 0) is 35.7 Å². The number of carbonyl (C=O) groups excluding carboxylic acids is 1. The number of urea groups is 1. The maximum atomic E-state index is 12.0. The van der Waals surface area contributed by atoms with Crippen LogP contribution in [-0.4, -0.2) is 32.4 Å².